The fourth-order valence-corrected chi connectivity index (χ4v) is 3.67. The van der Waals surface area contributed by atoms with Gasteiger partial charge < -0.3 is 9.53 Å². The molecule has 0 atom stereocenters. The number of para-hydroxylation sites is 1. The summed E-state index contributed by atoms with van der Waals surface area (Å²) in [5.41, 5.74) is 3.09. The molecule has 3 rings (SSSR count). The highest BCUT2D eigenvalue weighted by Crippen LogP contribution is 2.33. The number of methoxy groups -OCH3 is 1. The first-order chi connectivity index (χ1) is 13.1. The fourth-order valence-electron chi connectivity index (χ4n) is 2.78. The summed E-state index contributed by atoms with van der Waals surface area (Å²) >= 11 is 1.61. The molecule has 3 aromatic rings. The van der Waals surface area contributed by atoms with E-state index in [-0.39, 0.29) is 5.78 Å². The Morgan fingerprint density at radius 2 is 1.85 bits per heavy atom. The van der Waals surface area contributed by atoms with Crippen molar-refractivity contribution in [2.45, 2.75) is 31.8 Å². The number of hydrogen-bond donors (Lipinski definition) is 0. The van der Waals surface area contributed by atoms with Crippen molar-refractivity contribution in [2.75, 3.05) is 12.9 Å². The lowest BCUT2D eigenvalue weighted by Crippen LogP contribution is -2.01. The summed E-state index contributed by atoms with van der Waals surface area (Å²) in [6.07, 6.45) is 1.41. The predicted octanol–water partition coefficient (Wildman–Crippen LogP) is 4.71. The first-order valence-corrected chi connectivity index (χ1v) is 9.87. The van der Waals surface area contributed by atoms with Gasteiger partial charge in [0.1, 0.15) is 11.5 Å². The van der Waals surface area contributed by atoms with E-state index in [0.717, 1.165) is 40.2 Å². The van der Waals surface area contributed by atoms with Crippen molar-refractivity contribution in [3.63, 3.8) is 0 Å². The third-order valence-corrected chi connectivity index (χ3v) is 5.19. The van der Waals surface area contributed by atoms with Crippen LogP contribution in [0.2, 0.25) is 0 Å². The van der Waals surface area contributed by atoms with Gasteiger partial charge in [-0.1, -0.05) is 41.6 Å². The van der Waals surface area contributed by atoms with Gasteiger partial charge >= 0.3 is 0 Å². The maximum absolute atomic E-state index is 11.2. The van der Waals surface area contributed by atoms with Gasteiger partial charge in [0.25, 0.3) is 0 Å². The molecule has 0 aliphatic rings. The maximum Gasteiger partial charge on any atom is 0.196 e. The number of aryl methyl sites for hydroxylation is 1. The highest BCUT2D eigenvalue weighted by Gasteiger charge is 2.18. The number of carbonyl (C=O) groups excluding carboxylic acids is 1. The second kappa shape index (κ2) is 8.86. The summed E-state index contributed by atoms with van der Waals surface area (Å²) < 4.78 is 7.57. The molecule has 2 aromatic carbocycles. The summed E-state index contributed by atoms with van der Waals surface area (Å²) in [4.78, 5) is 11.2. The number of rotatable bonds is 8. The minimum Gasteiger partial charge on any atom is -0.496 e. The van der Waals surface area contributed by atoms with E-state index in [4.69, 9.17) is 4.74 Å². The molecular weight excluding hydrogens is 358 g/mol. The second-order valence-corrected chi connectivity index (χ2v) is 7.39. The van der Waals surface area contributed by atoms with Crippen molar-refractivity contribution in [1.82, 2.24) is 14.8 Å². The van der Waals surface area contributed by atoms with Gasteiger partial charge in [-0.3, -0.25) is 4.57 Å². The van der Waals surface area contributed by atoms with Crippen molar-refractivity contribution in [1.29, 1.82) is 0 Å². The lowest BCUT2D eigenvalue weighted by Gasteiger charge is -2.12. The molecule has 140 valence electrons. The summed E-state index contributed by atoms with van der Waals surface area (Å²) in [7, 11) is 1.66. The molecule has 0 saturated heterocycles. The van der Waals surface area contributed by atoms with E-state index in [1.165, 1.54) is 5.56 Å². The van der Waals surface area contributed by atoms with Gasteiger partial charge in [-0.15, -0.1) is 10.2 Å². The van der Waals surface area contributed by atoms with Crippen LogP contribution in [0.15, 0.2) is 53.7 Å². The molecule has 5 nitrogen and oxygen atoms in total. The quantitative estimate of drug-likeness (QED) is 0.418. The Bertz CT molecular complexity index is 919. The van der Waals surface area contributed by atoms with Crippen LogP contribution in [0.1, 0.15) is 25.3 Å². The molecular formula is C21H23N3O2S. The number of thioether (sulfide) groups is 1. The Balaban J connectivity index is 2.00. The van der Waals surface area contributed by atoms with E-state index in [0.29, 0.717) is 6.42 Å². The van der Waals surface area contributed by atoms with Crippen molar-refractivity contribution >= 4 is 17.5 Å². The molecule has 0 spiro atoms. The van der Waals surface area contributed by atoms with E-state index in [1.54, 1.807) is 25.8 Å². The van der Waals surface area contributed by atoms with Crippen LogP contribution in [0, 0.1) is 6.92 Å². The van der Waals surface area contributed by atoms with Crippen LogP contribution >= 0.6 is 11.8 Å². The number of ether oxygens (including phenoxy) is 1. The van der Waals surface area contributed by atoms with Crippen LogP contribution in [0.4, 0.5) is 0 Å². The van der Waals surface area contributed by atoms with Gasteiger partial charge in [-0.2, -0.15) is 0 Å². The first kappa shape index (κ1) is 19.2. The summed E-state index contributed by atoms with van der Waals surface area (Å²) in [6, 6.07) is 16.1. The third-order valence-electron chi connectivity index (χ3n) is 4.18. The molecule has 0 amide bonds. The van der Waals surface area contributed by atoms with E-state index in [2.05, 4.69) is 46.0 Å². The van der Waals surface area contributed by atoms with Crippen LogP contribution < -0.4 is 4.74 Å². The zero-order valence-corrected chi connectivity index (χ0v) is 16.6. The summed E-state index contributed by atoms with van der Waals surface area (Å²) in [5, 5.41) is 9.68. The number of aromatic nitrogens is 3. The van der Waals surface area contributed by atoms with E-state index < -0.39 is 0 Å². The Hall–Kier alpha value is -2.60. The fraction of sp³-hybridized carbons (Fsp3) is 0.286. The smallest absolute Gasteiger partial charge is 0.196 e. The van der Waals surface area contributed by atoms with Gasteiger partial charge in [0.05, 0.1) is 12.7 Å². The summed E-state index contributed by atoms with van der Waals surface area (Å²) in [5.74, 6) is 2.53. The number of benzene rings is 2. The van der Waals surface area contributed by atoms with Crippen LogP contribution in [0.3, 0.4) is 0 Å². The Morgan fingerprint density at radius 3 is 2.56 bits per heavy atom. The minimum absolute atomic E-state index is 0.213. The number of ketones is 1. The van der Waals surface area contributed by atoms with Gasteiger partial charge in [0.2, 0.25) is 0 Å². The average Bonchev–Trinajstić information content (AvgIpc) is 3.09. The van der Waals surface area contributed by atoms with Crippen LogP contribution in [-0.4, -0.2) is 33.4 Å². The van der Waals surface area contributed by atoms with E-state index >= 15 is 0 Å². The van der Waals surface area contributed by atoms with Crippen molar-refractivity contribution < 1.29 is 9.53 Å². The molecule has 0 saturated carbocycles. The molecule has 6 heteroatoms. The molecule has 0 aliphatic heterocycles. The Labute approximate surface area is 163 Å². The minimum atomic E-state index is 0.213. The van der Waals surface area contributed by atoms with E-state index in [9.17, 15) is 4.79 Å². The van der Waals surface area contributed by atoms with E-state index in [1.807, 2.05) is 24.3 Å². The second-order valence-electron chi connectivity index (χ2n) is 6.33. The largest absolute Gasteiger partial charge is 0.496 e. The zero-order valence-electron chi connectivity index (χ0n) is 15.8. The van der Waals surface area contributed by atoms with Crippen LogP contribution in [0.25, 0.3) is 17.1 Å². The first-order valence-electron chi connectivity index (χ1n) is 8.88. The topological polar surface area (TPSA) is 57.0 Å². The van der Waals surface area contributed by atoms with Gasteiger partial charge in [0, 0.05) is 17.9 Å². The molecule has 27 heavy (non-hydrogen) atoms. The SMILES string of the molecule is COc1ccccc1-c1nnc(SCCCC(C)=O)n1-c1ccc(C)cc1. The molecule has 1 aromatic heterocycles. The molecule has 0 N–H and O–H groups in total. The molecule has 1 heterocycles. The highest BCUT2D eigenvalue weighted by molar-refractivity contribution is 7.99. The molecule has 0 bridgehead atoms. The highest BCUT2D eigenvalue weighted by atomic mass is 32.2. The van der Waals surface area contributed by atoms with Gasteiger partial charge in [-0.05, 0) is 44.5 Å². The normalized spacial score (nSPS) is 10.8. The number of Topliss-reactive ketones (excluding diaryl/α,β-unsaturated/α-hetero) is 1. The Kier molecular flexibility index (Phi) is 6.29. The predicted molar refractivity (Wildman–Crippen MR) is 109 cm³/mol. The maximum atomic E-state index is 11.2. The lowest BCUT2D eigenvalue weighted by molar-refractivity contribution is -0.117. The van der Waals surface area contributed by atoms with Crippen molar-refractivity contribution in [3.05, 3.63) is 54.1 Å². The lowest BCUT2D eigenvalue weighted by atomic mass is 10.1. The molecule has 0 aliphatic carbocycles. The molecule has 0 unspecified atom stereocenters. The van der Waals surface area contributed by atoms with Crippen molar-refractivity contribution in [3.8, 4) is 22.8 Å². The summed E-state index contributed by atoms with van der Waals surface area (Å²) in [6.45, 7) is 3.69. The zero-order chi connectivity index (χ0) is 19.2. The van der Waals surface area contributed by atoms with Crippen molar-refractivity contribution in [2.24, 2.45) is 0 Å². The standard InChI is InChI=1S/C21H23N3O2S/c1-15-10-12-17(13-11-15)24-20(18-8-4-5-9-19(18)26-3)22-23-21(24)27-14-6-7-16(2)25/h4-5,8-13H,6-7,14H2,1-3H3. The number of hydrogen-bond acceptors (Lipinski definition) is 5. The van der Waals surface area contributed by atoms with Crippen LogP contribution in [-0.2, 0) is 4.79 Å². The molecule has 0 fully saturated rings. The Morgan fingerprint density at radius 1 is 1.11 bits per heavy atom. The average molecular weight is 382 g/mol. The monoisotopic (exact) mass is 381 g/mol. The van der Waals surface area contributed by atoms with Crippen LogP contribution in [0.5, 0.6) is 5.75 Å². The van der Waals surface area contributed by atoms with Gasteiger partial charge in [-0.25, -0.2) is 0 Å². The number of carbonyl (C=O) groups is 1. The number of nitrogens with zero attached hydrogens (tertiary/aromatic N) is 3. The van der Waals surface area contributed by atoms with Gasteiger partial charge in [0.15, 0.2) is 11.0 Å². The molecule has 0 radical (unpaired) electrons. The third kappa shape index (κ3) is 4.57.